The first kappa shape index (κ1) is 16.9. The number of amides is 1. The van der Waals surface area contributed by atoms with Crippen molar-refractivity contribution in [2.45, 2.75) is 33.7 Å². The first-order valence-electron chi connectivity index (χ1n) is 5.78. The minimum atomic E-state index is -0.122. The lowest BCUT2D eigenvalue weighted by Gasteiger charge is -2.30. The molecule has 3 N–H and O–H groups in total. The van der Waals surface area contributed by atoms with Gasteiger partial charge in [-0.05, 0) is 24.5 Å². The number of aromatic nitrogens is 1. The van der Waals surface area contributed by atoms with Crippen molar-refractivity contribution in [3.8, 4) is 0 Å². The molecule has 0 radical (unpaired) electrons. The van der Waals surface area contributed by atoms with Crippen molar-refractivity contribution < 1.29 is 4.79 Å². The van der Waals surface area contributed by atoms with Gasteiger partial charge in [0.25, 0.3) is 5.91 Å². The third-order valence-corrected chi connectivity index (χ3v) is 2.76. The SMILES string of the molecule is Cc1ccc(C(=O)NC(CN)C(C)(C)C)cn1.Cl. The second-order valence-corrected chi connectivity index (χ2v) is 5.32. The van der Waals surface area contributed by atoms with E-state index in [2.05, 4.69) is 31.1 Å². The van der Waals surface area contributed by atoms with Gasteiger partial charge in [-0.1, -0.05) is 20.8 Å². The molecule has 0 saturated heterocycles. The molecule has 0 aromatic carbocycles. The fourth-order valence-electron chi connectivity index (χ4n) is 1.47. The van der Waals surface area contributed by atoms with E-state index in [0.29, 0.717) is 12.1 Å². The van der Waals surface area contributed by atoms with Crippen LogP contribution in [-0.2, 0) is 0 Å². The molecule has 0 aliphatic rings. The van der Waals surface area contributed by atoms with Crippen LogP contribution in [0.4, 0.5) is 0 Å². The normalized spacial score (nSPS) is 12.5. The molecule has 18 heavy (non-hydrogen) atoms. The molecule has 0 saturated carbocycles. The first-order chi connectivity index (χ1) is 7.84. The Bertz CT molecular complexity index is 384. The molecule has 1 unspecified atom stereocenters. The Morgan fingerprint density at radius 2 is 2.06 bits per heavy atom. The van der Waals surface area contributed by atoms with Crippen molar-refractivity contribution in [2.24, 2.45) is 11.1 Å². The number of carbonyl (C=O) groups excluding carboxylic acids is 1. The maximum absolute atomic E-state index is 12.0. The third-order valence-electron chi connectivity index (χ3n) is 2.76. The van der Waals surface area contributed by atoms with E-state index in [9.17, 15) is 4.79 Å². The predicted octanol–water partition coefficient (Wildman–Crippen LogP) is 1.92. The number of carbonyl (C=O) groups is 1. The molecule has 1 amide bonds. The summed E-state index contributed by atoms with van der Waals surface area (Å²) in [6, 6.07) is 3.55. The van der Waals surface area contributed by atoms with Crippen LogP contribution in [0, 0.1) is 12.3 Å². The maximum Gasteiger partial charge on any atom is 0.253 e. The molecule has 1 heterocycles. The fourth-order valence-corrected chi connectivity index (χ4v) is 1.47. The van der Waals surface area contributed by atoms with Crippen LogP contribution in [0.15, 0.2) is 18.3 Å². The number of halogens is 1. The van der Waals surface area contributed by atoms with Crippen molar-refractivity contribution in [3.05, 3.63) is 29.6 Å². The zero-order valence-electron chi connectivity index (χ0n) is 11.4. The van der Waals surface area contributed by atoms with Gasteiger partial charge in [-0.3, -0.25) is 9.78 Å². The monoisotopic (exact) mass is 271 g/mol. The summed E-state index contributed by atoms with van der Waals surface area (Å²) in [5, 5.41) is 2.94. The number of nitrogens with one attached hydrogen (secondary N) is 1. The highest BCUT2D eigenvalue weighted by atomic mass is 35.5. The van der Waals surface area contributed by atoms with Gasteiger partial charge in [-0.2, -0.15) is 0 Å². The fraction of sp³-hybridized carbons (Fsp3) is 0.538. The molecule has 5 heteroatoms. The number of nitrogens with zero attached hydrogens (tertiary/aromatic N) is 1. The molecule has 0 spiro atoms. The van der Waals surface area contributed by atoms with E-state index in [4.69, 9.17) is 5.73 Å². The zero-order chi connectivity index (χ0) is 13.1. The van der Waals surface area contributed by atoms with Crippen molar-refractivity contribution in [1.82, 2.24) is 10.3 Å². The maximum atomic E-state index is 12.0. The predicted molar refractivity (Wildman–Crippen MR) is 76.0 cm³/mol. The molecule has 1 aromatic heterocycles. The topological polar surface area (TPSA) is 68.0 Å². The van der Waals surface area contributed by atoms with Gasteiger partial charge in [0.15, 0.2) is 0 Å². The molecule has 1 atom stereocenters. The molecular weight excluding hydrogens is 250 g/mol. The molecule has 1 aromatic rings. The van der Waals surface area contributed by atoms with E-state index in [1.807, 2.05) is 13.0 Å². The van der Waals surface area contributed by atoms with Crippen LogP contribution < -0.4 is 11.1 Å². The van der Waals surface area contributed by atoms with Crippen LogP contribution in [-0.4, -0.2) is 23.5 Å². The number of pyridine rings is 1. The Morgan fingerprint density at radius 1 is 1.44 bits per heavy atom. The number of hydrogen-bond donors (Lipinski definition) is 2. The number of aryl methyl sites for hydroxylation is 1. The summed E-state index contributed by atoms with van der Waals surface area (Å²) in [4.78, 5) is 16.1. The zero-order valence-corrected chi connectivity index (χ0v) is 12.2. The lowest BCUT2D eigenvalue weighted by molar-refractivity contribution is 0.0905. The highest BCUT2D eigenvalue weighted by Gasteiger charge is 2.25. The van der Waals surface area contributed by atoms with Crippen LogP contribution in [0.5, 0.6) is 0 Å². The Balaban J connectivity index is 0.00000289. The van der Waals surface area contributed by atoms with Crippen molar-refractivity contribution in [1.29, 1.82) is 0 Å². The summed E-state index contributed by atoms with van der Waals surface area (Å²) in [5.41, 5.74) is 7.09. The van der Waals surface area contributed by atoms with E-state index in [1.165, 1.54) is 0 Å². The van der Waals surface area contributed by atoms with Crippen LogP contribution in [0.2, 0.25) is 0 Å². The van der Waals surface area contributed by atoms with E-state index < -0.39 is 0 Å². The van der Waals surface area contributed by atoms with Gasteiger partial charge in [-0.25, -0.2) is 0 Å². The van der Waals surface area contributed by atoms with Gasteiger partial charge in [-0.15, -0.1) is 12.4 Å². The second-order valence-electron chi connectivity index (χ2n) is 5.32. The Kier molecular flexibility index (Phi) is 6.29. The van der Waals surface area contributed by atoms with Gasteiger partial charge in [0.1, 0.15) is 0 Å². The highest BCUT2D eigenvalue weighted by molar-refractivity contribution is 5.94. The molecular formula is C13H22ClN3O. The Hall–Kier alpha value is -1.13. The van der Waals surface area contributed by atoms with Crippen molar-refractivity contribution >= 4 is 18.3 Å². The quantitative estimate of drug-likeness (QED) is 0.883. The minimum absolute atomic E-state index is 0. The largest absolute Gasteiger partial charge is 0.347 e. The highest BCUT2D eigenvalue weighted by Crippen LogP contribution is 2.18. The number of nitrogens with two attached hydrogens (primary N) is 1. The van der Waals surface area contributed by atoms with E-state index in [0.717, 1.165) is 5.69 Å². The molecule has 0 aliphatic carbocycles. The van der Waals surface area contributed by atoms with Crippen LogP contribution in [0.3, 0.4) is 0 Å². The van der Waals surface area contributed by atoms with Crippen molar-refractivity contribution in [3.63, 3.8) is 0 Å². The summed E-state index contributed by atoms with van der Waals surface area (Å²) in [6.07, 6.45) is 1.58. The number of rotatable bonds is 3. The molecule has 1 rings (SSSR count). The van der Waals surface area contributed by atoms with Gasteiger partial charge < -0.3 is 11.1 Å². The Labute approximate surface area is 115 Å². The summed E-state index contributed by atoms with van der Waals surface area (Å²) in [7, 11) is 0. The molecule has 0 aliphatic heterocycles. The average molecular weight is 272 g/mol. The van der Waals surface area contributed by atoms with E-state index >= 15 is 0 Å². The van der Waals surface area contributed by atoms with E-state index in [-0.39, 0.29) is 29.8 Å². The molecule has 0 bridgehead atoms. The average Bonchev–Trinajstić information content (AvgIpc) is 2.24. The molecule has 4 nitrogen and oxygen atoms in total. The lowest BCUT2D eigenvalue weighted by Crippen LogP contribution is -2.48. The van der Waals surface area contributed by atoms with Gasteiger partial charge in [0.05, 0.1) is 5.56 Å². The third kappa shape index (κ3) is 4.63. The minimum Gasteiger partial charge on any atom is -0.347 e. The van der Waals surface area contributed by atoms with E-state index in [1.54, 1.807) is 12.3 Å². The van der Waals surface area contributed by atoms with Crippen LogP contribution >= 0.6 is 12.4 Å². The second kappa shape index (κ2) is 6.71. The number of hydrogen-bond acceptors (Lipinski definition) is 3. The summed E-state index contributed by atoms with van der Waals surface area (Å²) in [6.45, 7) is 8.47. The van der Waals surface area contributed by atoms with Gasteiger partial charge in [0, 0.05) is 24.5 Å². The standard InChI is InChI=1S/C13H21N3O.ClH/c1-9-5-6-10(8-15-9)12(17)16-11(7-14)13(2,3)4;/h5-6,8,11H,7,14H2,1-4H3,(H,16,17);1H. The Morgan fingerprint density at radius 3 is 2.44 bits per heavy atom. The summed E-state index contributed by atoms with van der Waals surface area (Å²) >= 11 is 0. The first-order valence-corrected chi connectivity index (χ1v) is 5.78. The summed E-state index contributed by atoms with van der Waals surface area (Å²) < 4.78 is 0. The van der Waals surface area contributed by atoms with Crippen molar-refractivity contribution in [2.75, 3.05) is 6.54 Å². The lowest BCUT2D eigenvalue weighted by atomic mass is 9.86. The molecule has 0 fully saturated rings. The van der Waals surface area contributed by atoms with Gasteiger partial charge >= 0.3 is 0 Å². The molecule has 102 valence electrons. The van der Waals surface area contributed by atoms with Gasteiger partial charge in [0.2, 0.25) is 0 Å². The summed E-state index contributed by atoms with van der Waals surface area (Å²) in [5.74, 6) is -0.122. The smallest absolute Gasteiger partial charge is 0.253 e. The van der Waals surface area contributed by atoms with Crippen LogP contribution in [0.1, 0.15) is 36.8 Å². The van der Waals surface area contributed by atoms with Crippen LogP contribution in [0.25, 0.3) is 0 Å².